The van der Waals surface area contributed by atoms with Gasteiger partial charge in [-0.3, -0.25) is 0 Å². The van der Waals surface area contributed by atoms with Crippen molar-refractivity contribution >= 4 is 22.2 Å². The topological polar surface area (TPSA) is 38.8 Å². The Labute approximate surface area is 288 Å². The number of rotatable bonds is 6. The van der Waals surface area contributed by atoms with Crippen LogP contribution in [0.15, 0.2) is 170 Å². The zero-order valence-corrected chi connectivity index (χ0v) is 27.4. The van der Waals surface area contributed by atoms with Crippen LogP contribution in [-0.4, -0.2) is 10.3 Å². The van der Waals surface area contributed by atoms with Crippen LogP contribution in [0.1, 0.15) is 42.2 Å². The Morgan fingerprint density at radius 2 is 1.10 bits per heavy atom. The summed E-state index contributed by atoms with van der Waals surface area (Å²) < 4.78 is 2.46. The molecule has 0 aromatic heterocycles. The number of hydrogen-bond acceptors (Lipinski definition) is 2. The van der Waals surface area contributed by atoms with Crippen molar-refractivity contribution < 1.29 is 4.58 Å². The second-order valence-electron chi connectivity index (χ2n) is 12.8. The molecule has 0 radical (unpaired) electrons. The van der Waals surface area contributed by atoms with Crippen LogP contribution >= 0.6 is 0 Å². The summed E-state index contributed by atoms with van der Waals surface area (Å²) in [7, 11) is 0. The van der Waals surface area contributed by atoms with E-state index in [1.165, 1.54) is 55.6 Å². The van der Waals surface area contributed by atoms with E-state index in [1.54, 1.807) is 0 Å². The van der Waals surface area contributed by atoms with Crippen molar-refractivity contribution in [3.63, 3.8) is 0 Å². The zero-order chi connectivity index (χ0) is 33.2. The van der Waals surface area contributed by atoms with Crippen LogP contribution in [0.25, 0.3) is 44.2 Å². The first kappa shape index (κ1) is 30.3. The molecule has 0 fully saturated rings. The summed E-state index contributed by atoms with van der Waals surface area (Å²) in [5.41, 5.74) is 12.7. The normalized spacial score (nSPS) is 16.0. The average Bonchev–Trinajstić information content (AvgIpc) is 3.18. The fourth-order valence-electron chi connectivity index (χ4n) is 7.30. The molecule has 0 bridgehead atoms. The molecule has 49 heavy (non-hydrogen) atoms. The molecule has 0 aliphatic carbocycles. The molecule has 0 saturated heterocycles. The zero-order valence-electron chi connectivity index (χ0n) is 27.4. The minimum Gasteiger partial charge on any atom is -0.247 e. The molecule has 1 aliphatic heterocycles. The van der Waals surface area contributed by atoms with Crippen LogP contribution in [0.5, 0.6) is 0 Å². The van der Waals surface area contributed by atoms with E-state index >= 15 is 0 Å². The van der Waals surface area contributed by atoms with E-state index in [9.17, 15) is 5.26 Å². The lowest BCUT2D eigenvalue weighted by Gasteiger charge is -2.30. The third-order valence-electron chi connectivity index (χ3n) is 9.75. The van der Waals surface area contributed by atoms with Crippen molar-refractivity contribution in [2.45, 2.75) is 25.6 Å². The predicted octanol–water partition coefficient (Wildman–Crippen LogP) is 11.3. The second-order valence-corrected chi connectivity index (χ2v) is 12.8. The quantitative estimate of drug-likeness (QED) is 0.186. The van der Waals surface area contributed by atoms with E-state index in [0.29, 0.717) is 5.56 Å². The fraction of sp³-hybridized carbons (Fsp3) is 0.0870. The molecule has 0 amide bonds. The van der Waals surface area contributed by atoms with Gasteiger partial charge in [0.2, 0.25) is 11.9 Å². The molecule has 0 saturated carbocycles. The van der Waals surface area contributed by atoms with Gasteiger partial charge in [0.15, 0.2) is 5.71 Å². The van der Waals surface area contributed by atoms with Crippen molar-refractivity contribution in [2.75, 3.05) is 0 Å². The maximum absolute atomic E-state index is 9.33. The highest BCUT2D eigenvalue weighted by molar-refractivity contribution is 6.05. The summed E-state index contributed by atoms with van der Waals surface area (Å²) in [5, 5.41) is 15.8. The van der Waals surface area contributed by atoms with Gasteiger partial charge in [-0.15, -0.1) is 0 Å². The number of benzene rings is 7. The third kappa shape index (κ3) is 5.95. The molecule has 2 atom stereocenters. The molecule has 1 N–H and O–H groups in total. The monoisotopic (exact) mass is 630 g/mol. The second kappa shape index (κ2) is 13.2. The Morgan fingerprint density at radius 1 is 0.551 bits per heavy atom. The van der Waals surface area contributed by atoms with Gasteiger partial charge >= 0.3 is 0 Å². The minimum atomic E-state index is 0.0211. The van der Waals surface area contributed by atoms with Gasteiger partial charge in [-0.05, 0) is 74.0 Å². The van der Waals surface area contributed by atoms with E-state index in [-0.39, 0.29) is 12.2 Å². The van der Waals surface area contributed by atoms with Gasteiger partial charge in [0.1, 0.15) is 0 Å². The molecule has 8 rings (SSSR count). The highest BCUT2D eigenvalue weighted by Crippen LogP contribution is 2.38. The predicted molar refractivity (Wildman–Crippen MR) is 202 cm³/mol. The van der Waals surface area contributed by atoms with Crippen molar-refractivity contribution in [3.05, 3.63) is 187 Å². The minimum absolute atomic E-state index is 0.0211. The van der Waals surface area contributed by atoms with Gasteiger partial charge in [0.05, 0.1) is 11.6 Å². The van der Waals surface area contributed by atoms with Gasteiger partial charge in [0, 0.05) is 37.1 Å². The maximum atomic E-state index is 9.33. The highest BCUT2D eigenvalue weighted by atomic mass is 15.2. The van der Waals surface area contributed by atoms with Crippen LogP contribution in [0.3, 0.4) is 0 Å². The molecular weight excluding hydrogens is 595 g/mol. The molecule has 3 nitrogen and oxygen atoms in total. The number of nitrogens with one attached hydrogen (secondary N) is 1. The van der Waals surface area contributed by atoms with Crippen molar-refractivity contribution in [1.29, 1.82) is 5.26 Å². The Hall–Kier alpha value is -6.08. The first-order chi connectivity index (χ1) is 24.2. The molecule has 1 heterocycles. The van der Waals surface area contributed by atoms with E-state index in [1.807, 2.05) is 18.2 Å². The molecule has 234 valence electrons. The van der Waals surface area contributed by atoms with Gasteiger partial charge < -0.3 is 0 Å². The van der Waals surface area contributed by atoms with E-state index < -0.39 is 0 Å². The average molecular weight is 631 g/mol. The lowest BCUT2D eigenvalue weighted by molar-refractivity contribution is -0.508. The van der Waals surface area contributed by atoms with Gasteiger partial charge in [-0.2, -0.15) is 9.84 Å². The highest BCUT2D eigenvalue weighted by Gasteiger charge is 2.36. The van der Waals surface area contributed by atoms with Crippen LogP contribution in [0.4, 0.5) is 5.69 Å². The van der Waals surface area contributed by atoms with Crippen molar-refractivity contribution in [2.24, 2.45) is 0 Å². The lowest BCUT2D eigenvalue weighted by atomic mass is 9.91. The number of nitriles is 1. The summed E-state index contributed by atoms with van der Waals surface area (Å²) in [6, 6.07) is 62.7. The molecule has 3 heteroatoms. The maximum Gasteiger partial charge on any atom is 0.239 e. The SMILES string of the molecule is CC1=[N+](c2ccc(-c3ccc(-c4ccc(-c5cccc(C#N)c5)cc4)c4ccccc34)cc2)C(c2ccccc2)NC(c2ccccc2)C1. The van der Waals surface area contributed by atoms with Crippen molar-refractivity contribution in [3.8, 4) is 39.4 Å². The Balaban J connectivity index is 1.13. The van der Waals surface area contributed by atoms with Gasteiger partial charge in [-0.25, -0.2) is 5.32 Å². The standard InChI is InChI=1S/C46H36N3/c1-32-29-45(37-12-4-2-5-13-37)48-46(38-14-6-3-7-15-38)49(32)40-25-23-36(24-26-40)42-28-27-41(43-17-8-9-18-44(42)43)35-21-19-34(20-22-35)39-16-10-11-33(30-39)31-47/h2-28,30,45-46,48H,29H2,1H3/q+1. The summed E-state index contributed by atoms with van der Waals surface area (Å²) in [6.07, 6.45) is 0.960. The fourth-order valence-corrected chi connectivity index (χ4v) is 7.30. The number of fused-ring (bicyclic) bond motifs is 1. The molecule has 1 aliphatic rings. The third-order valence-corrected chi connectivity index (χ3v) is 9.75. The molecule has 7 aromatic carbocycles. The largest absolute Gasteiger partial charge is 0.247 e. The Bertz CT molecular complexity index is 2330. The van der Waals surface area contributed by atoms with Crippen molar-refractivity contribution in [1.82, 2.24) is 5.32 Å². The van der Waals surface area contributed by atoms with Crippen LogP contribution in [0.2, 0.25) is 0 Å². The Kier molecular flexibility index (Phi) is 8.15. The smallest absolute Gasteiger partial charge is 0.239 e. The van der Waals surface area contributed by atoms with Gasteiger partial charge in [-0.1, -0.05) is 133 Å². The number of hydrogen-bond donors (Lipinski definition) is 1. The molecule has 7 aromatic rings. The van der Waals surface area contributed by atoms with E-state index in [4.69, 9.17) is 0 Å². The summed E-state index contributed by atoms with van der Waals surface area (Å²) in [5.74, 6) is 0. The summed E-state index contributed by atoms with van der Waals surface area (Å²) in [6.45, 7) is 2.27. The Morgan fingerprint density at radius 3 is 1.71 bits per heavy atom. The number of nitrogens with zero attached hydrogens (tertiary/aromatic N) is 2. The van der Waals surface area contributed by atoms with Crippen LogP contribution in [0, 0.1) is 11.3 Å². The molecular formula is C46H36N3+. The molecule has 0 spiro atoms. The van der Waals surface area contributed by atoms with E-state index in [0.717, 1.165) is 17.5 Å². The summed E-state index contributed by atoms with van der Waals surface area (Å²) in [4.78, 5) is 0. The van der Waals surface area contributed by atoms with E-state index in [2.05, 4.69) is 175 Å². The first-order valence-electron chi connectivity index (χ1n) is 16.9. The molecule has 2 unspecified atom stereocenters. The first-order valence-corrected chi connectivity index (χ1v) is 16.9. The summed E-state index contributed by atoms with van der Waals surface area (Å²) >= 11 is 0. The van der Waals surface area contributed by atoms with Gasteiger partial charge in [0.25, 0.3) is 0 Å². The van der Waals surface area contributed by atoms with Crippen LogP contribution in [-0.2, 0) is 0 Å². The van der Waals surface area contributed by atoms with Crippen LogP contribution < -0.4 is 5.32 Å². The lowest BCUT2D eigenvalue weighted by Crippen LogP contribution is -2.41.